The maximum absolute atomic E-state index is 10.7. The SMILES string of the molecule is CN(C)CC(C=O)c1cccs1.Cl. The van der Waals surface area contributed by atoms with Gasteiger partial charge in [0.15, 0.2) is 0 Å². The van der Waals surface area contributed by atoms with Gasteiger partial charge in [-0.25, -0.2) is 0 Å². The van der Waals surface area contributed by atoms with E-state index < -0.39 is 0 Å². The molecule has 2 nitrogen and oxygen atoms in total. The molecule has 1 atom stereocenters. The summed E-state index contributed by atoms with van der Waals surface area (Å²) < 4.78 is 0. The minimum Gasteiger partial charge on any atom is -0.308 e. The van der Waals surface area contributed by atoms with Crippen LogP contribution in [-0.4, -0.2) is 31.8 Å². The quantitative estimate of drug-likeness (QED) is 0.723. The normalized spacial score (nSPS) is 12.2. The van der Waals surface area contributed by atoms with Crippen LogP contribution in [0.15, 0.2) is 17.5 Å². The number of likely N-dealkylation sites (N-methyl/N-ethyl adjacent to an activating group) is 1. The van der Waals surface area contributed by atoms with E-state index in [4.69, 9.17) is 0 Å². The Kier molecular flexibility index (Phi) is 5.95. The van der Waals surface area contributed by atoms with E-state index in [0.29, 0.717) is 0 Å². The molecular weight excluding hydrogens is 206 g/mol. The van der Waals surface area contributed by atoms with E-state index in [1.54, 1.807) is 11.3 Å². The summed E-state index contributed by atoms with van der Waals surface area (Å²) >= 11 is 1.64. The van der Waals surface area contributed by atoms with Crippen molar-refractivity contribution >= 4 is 30.0 Å². The van der Waals surface area contributed by atoms with Crippen LogP contribution < -0.4 is 0 Å². The van der Waals surface area contributed by atoms with Crippen LogP contribution in [0.5, 0.6) is 0 Å². The van der Waals surface area contributed by atoms with Gasteiger partial charge in [-0.1, -0.05) is 6.07 Å². The molecule has 0 aliphatic rings. The number of carbonyl (C=O) groups excluding carboxylic acids is 1. The standard InChI is InChI=1S/C9H13NOS.ClH/c1-10(2)6-8(7-11)9-4-3-5-12-9;/h3-5,7-8H,6H2,1-2H3;1H. The third kappa shape index (κ3) is 3.89. The largest absolute Gasteiger partial charge is 0.308 e. The Hall–Kier alpha value is -0.380. The number of rotatable bonds is 4. The Morgan fingerprint density at radius 1 is 1.62 bits per heavy atom. The van der Waals surface area contributed by atoms with Crippen molar-refractivity contribution < 1.29 is 4.79 Å². The molecule has 0 aliphatic heterocycles. The van der Waals surface area contributed by atoms with Crippen molar-refractivity contribution in [3.63, 3.8) is 0 Å². The lowest BCUT2D eigenvalue weighted by Gasteiger charge is -2.13. The zero-order chi connectivity index (χ0) is 8.97. The van der Waals surface area contributed by atoms with Crippen LogP contribution in [0.3, 0.4) is 0 Å². The summed E-state index contributed by atoms with van der Waals surface area (Å²) in [5.74, 6) is 0.0417. The minimum absolute atomic E-state index is 0. The Balaban J connectivity index is 0.00000144. The number of aldehydes is 1. The second kappa shape index (κ2) is 6.13. The van der Waals surface area contributed by atoms with Gasteiger partial charge in [0, 0.05) is 11.4 Å². The third-order valence-electron chi connectivity index (χ3n) is 1.63. The first kappa shape index (κ1) is 12.6. The molecule has 0 spiro atoms. The number of nitrogens with zero attached hydrogens (tertiary/aromatic N) is 1. The van der Waals surface area contributed by atoms with Gasteiger partial charge in [-0.3, -0.25) is 0 Å². The minimum atomic E-state index is 0. The molecule has 0 N–H and O–H groups in total. The highest BCUT2D eigenvalue weighted by atomic mass is 35.5. The summed E-state index contributed by atoms with van der Waals surface area (Å²) in [6.07, 6.45) is 1.02. The lowest BCUT2D eigenvalue weighted by Crippen LogP contribution is -2.20. The van der Waals surface area contributed by atoms with E-state index in [0.717, 1.165) is 17.7 Å². The van der Waals surface area contributed by atoms with Crippen LogP contribution in [0, 0.1) is 0 Å². The van der Waals surface area contributed by atoms with Crippen molar-refractivity contribution in [3.05, 3.63) is 22.4 Å². The predicted octanol–water partition coefficient (Wildman–Crippen LogP) is 2.01. The Bertz CT molecular complexity index is 236. The number of carbonyl (C=O) groups is 1. The summed E-state index contributed by atoms with van der Waals surface area (Å²) in [7, 11) is 3.95. The van der Waals surface area contributed by atoms with Crippen molar-refractivity contribution in [2.45, 2.75) is 5.92 Å². The van der Waals surface area contributed by atoms with E-state index in [1.807, 2.05) is 36.5 Å². The Morgan fingerprint density at radius 3 is 2.69 bits per heavy atom. The van der Waals surface area contributed by atoms with Crippen LogP contribution in [-0.2, 0) is 4.79 Å². The average molecular weight is 220 g/mol. The molecule has 13 heavy (non-hydrogen) atoms. The fraction of sp³-hybridized carbons (Fsp3) is 0.444. The molecule has 4 heteroatoms. The van der Waals surface area contributed by atoms with Crippen LogP contribution in [0.4, 0.5) is 0 Å². The number of hydrogen-bond acceptors (Lipinski definition) is 3. The Labute approximate surface area is 89.0 Å². The third-order valence-corrected chi connectivity index (χ3v) is 2.64. The molecule has 74 valence electrons. The van der Waals surface area contributed by atoms with Gasteiger partial charge < -0.3 is 9.69 Å². The van der Waals surface area contributed by atoms with Gasteiger partial charge in [0.05, 0.1) is 5.92 Å². The Morgan fingerprint density at radius 2 is 2.31 bits per heavy atom. The first-order valence-corrected chi connectivity index (χ1v) is 4.75. The summed E-state index contributed by atoms with van der Waals surface area (Å²) in [5, 5.41) is 2.00. The van der Waals surface area contributed by atoms with E-state index >= 15 is 0 Å². The second-order valence-corrected chi connectivity index (χ2v) is 4.00. The van der Waals surface area contributed by atoms with E-state index in [9.17, 15) is 4.79 Å². The van der Waals surface area contributed by atoms with Gasteiger partial charge in [0.1, 0.15) is 6.29 Å². The highest BCUT2D eigenvalue weighted by Gasteiger charge is 2.11. The first-order valence-electron chi connectivity index (χ1n) is 3.87. The maximum Gasteiger partial charge on any atom is 0.129 e. The smallest absolute Gasteiger partial charge is 0.129 e. The first-order chi connectivity index (χ1) is 5.74. The van der Waals surface area contributed by atoms with Crippen molar-refractivity contribution in [2.24, 2.45) is 0 Å². The van der Waals surface area contributed by atoms with Crippen molar-refractivity contribution in [2.75, 3.05) is 20.6 Å². The van der Waals surface area contributed by atoms with Crippen LogP contribution >= 0.6 is 23.7 Å². The highest BCUT2D eigenvalue weighted by Crippen LogP contribution is 2.19. The van der Waals surface area contributed by atoms with E-state index in [2.05, 4.69) is 0 Å². The average Bonchev–Trinajstić information content (AvgIpc) is 2.51. The summed E-state index contributed by atoms with van der Waals surface area (Å²) in [6.45, 7) is 0.796. The fourth-order valence-electron chi connectivity index (χ4n) is 1.10. The van der Waals surface area contributed by atoms with Gasteiger partial charge in [-0.15, -0.1) is 23.7 Å². The topological polar surface area (TPSA) is 20.3 Å². The predicted molar refractivity (Wildman–Crippen MR) is 58.9 cm³/mol. The maximum atomic E-state index is 10.7. The number of halogens is 1. The molecule has 0 radical (unpaired) electrons. The summed E-state index contributed by atoms with van der Waals surface area (Å²) in [6, 6.07) is 3.99. The molecule has 1 rings (SSSR count). The van der Waals surface area contributed by atoms with E-state index in [1.165, 1.54) is 0 Å². The lowest BCUT2D eigenvalue weighted by molar-refractivity contribution is -0.109. The van der Waals surface area contributed by atoms with Gasteiger partial charge >= 0.3 is 0 Å². The second-order valence-electron chi connectivity index (χ2n) is 3.02. The molecule has 0 aromatic carbocycles. The molecule has 0 saturated heterocycles. The number of hydrogen-bond donors (Lipinski definition) is 0. The van der Waals surface area contributed by atoms with Gasteiger partial charge in [-0.2, -0.15) is 0 Å². The molecule has 1 heterocycles. The van der Waals surface area contributed by atoms with Crippen LogP contribution in [0.25, 0.3) is 0 Å². The molecule has 0 bridgehead atoms. The monoisotopic (exact) mass is 219 g/mol. The molecule has 0 aliphatic carbocycles. The molecule has 0 amide bonds. The zero-order valence-corrected chi connectivity index (χ0v) is 9.40. The van der Waals surface area contributed by atoms with Crippen molar-refractivity contribution in [1.29, 1.82) is 0 Å². The van der Waals surface area contributed by atoms with E-state index in [-0.39, 0.29) is 18.3 Å². The van der Waals surface area contributed by atoms with Crippen molar-refractivity contribution in [3.8, 4) is 0 Å². The molecule has 1 aromatic rings. The van der Waals surface area contributed by atoms with Crippen molar-refractivity contribution in [1.82, 2.24) is 4.90 Å². The van der Waals surface area contributed by atoms with Gasteiger partial charge in [-0.05, 0) is 25.5 Å². The van der Waals surface area contributed by atoms with Gasteiger partial charge in [0.25, 0.3) is 0 Å². The summed E-state index contributed by atoms with van der Waals surface area (Å²) in [4.78, 5) is 13.9. The highest BCUT2D eigenvalue weighted by molar-refractivity contribution is 7.10. The molecule has 1 aromatic heterocycles. The molecule has 0 fully saturated rings. The summed E-state index contributed by atoms with van der Waals surface area (Å²) in [5.41, 5.74) is 0. The molecular formula is C9H14ClNOS. The fourth-order valence-corrected chi connectivity index (χ4v) is 1.87. The van der Waals surface area contributed by atoms with Crippen LogP contribution in [0.2, 0.25) is 0 Å². The molecule has 0 saturated carbocycles. The zero-order valence-electron chi connectivity index (χ0n) is 7.77. The van der Waals surface area contributed by atoms with Gasteiger partial charge in [0.2, 0.25) is 0 Å². The molecule has 1 unspecified atom stereocenters. The van der Waals surface area contributed by atoms with Crippen LogP contribution in [0.1, 0.15) is 10.8 Å². The lowest BCUT2D eigenvalue weighted by atomic mass is 10.1. The number of thiophene rings is 1.